The molecule has 4 heteroatoms. The number of hydrogen-bond acceptors (Lipinski definition) is 2. The van der Waals surface area contributed by atoms with Crippen LogP contribution in [0.3, 0.4) is 0 Å². The van der Waals surface area contributed by atoms with Gasteiger partial charge in [0.2, 0.25) is 0 Å². The van der Waals surface area contributed by atoms with Gasteiger partial charge in [-0.3, -0.25) is 0 Å². The maximum Gasteiger partial charge on any atom is 0.128 e. The van der Waals surface area contributed by atoms with Gasteiger partial charge in [-0.25, -0.2) is 4.39 Å². The monoisotopic (exact) mass is 322 g/mol. The normalized spacial score (nSPS) is 10.3. The Kier molecular flexibility index (Phi) is 4.43. The van der Waals surface area contributed by atoms with Crippen molar-refractivity contribution < 1.29 is 4.39 Å². The third-order valence-corrected chi connectivity index (χ3v) is 3.51. The average Bonchev–Trinajstić information content (AvgIpc) is 2.43. The summed E-state index contributed by atoms with van der Waals surface area (Å²) in [6, 6.07) is 13.0. The Labute approximate surface area is 121 Å². The predicted molar refractivity (Wildman–Crippen MR) is 82.2 cm³/mol. The summed E-state index contributed by atoms with van der Waals surface area (Å²) in [7, 11) is 3.84. The third-order valence-electron chi connectivity index (χ3n) is 3.01. The summed E-state index contributed by atoms with van der Waals surface area (Å²) in [5, 5.41) is 3.07. The Morgan fingerprint density at radius 3 is 2.47 bits per heavy atom. The summed E-state index contributed by atoms with van der Waals surface area (Å²) < 4.78 is 14.6. The second-order valence-electron chi connectivity index (χ2n) is 4.39. The van der Waals surface area contributed by atoms with Gasteiger partial charge in [0, 0.05) is 42.1 Å². The van der Waals surface area contributed by atoms with Crippen molar-refractivity contribution in [1.29, 1.82) is 0 Å². The molecule has 0 aromatic heterocycles. The van der Waals surface area contributed by atoms with Gasteiger partial charge >= 0.3 is 0 Å². The van der Waals surface area contributed by atoms with E-state index in [0.717, 1.165) is 15.8 Å². The molecule has 0 aliphatic heterocycles. The molecule has 2 rings (SSSR count). The average molecular weight is 323 g/mol. The van der Waals surface area contributed by atoms with Crippen LogP contribution in [0, 0.1) is 5.82 Å². The van der Waals surface area contributed by atoms with Gasteiger partial charge in [0.1, 0.15) is 5.82 Å². The first-order valence-corrected chi connectivity index (χ1v) is 6.82. The predicted octanol–water partition coefficient (Wildman–Crippen LogP) is 4.27. The zero-order chi connectivity index (χ0) is 13.8. The van der Waals surface area contributed by atoms with Crippen molar-refractivity contribution >= 4 is 27.3 Å². The van der Waals surface area contributed by atoms with E-state index in [1.54, 1.807) is 6.07 Å². The summed E-state index contributed by atoms with van der Waals surface area (Å²) >= 11 is 3.37. The Hall–Kier alpha value is -1.55. The summed E-state index contributed by atoms with van der Waals surface area (Å²) in [6.45, 7) is 0.532. The van der Waals surface area contributed by atoms with Crippen LogP contribution >= 0.6 is 15.9 Å². The fraction of sp³-hybridized carbons (Fsp3) is 0.200. The zero-order valence-corrected chi connectivity index (χ0v) is 12.5. The van der Waals surface area contributed by atoms with Gasteiger partial charge in [0.05, 0.1) is 0 Å². The molecule has 2 aromatic rings. The molecule has 0 fully saturated rings. The SMILES string of the molecule is CNc1ccc(N(C)Cc2cc(Br)ccc2F)cc1. The van der Waals surface area contributed by atoms with Gasteiger partial charge in [0.25, 0.3) is 0 Å². The number of hydrogen-bond donors (Lipinski definition) is 1. The van der Waals surface area contributed by atoms with Gasteiger partial charge in [-0.1, -0.05) is 15.9 Å². The van der Waals surface area contributed by atoms with Crippen LogP contribution in [0.1, 0.15) is 5.56 Å². The molecule has 19 heavy (non-hydrogen) atoms. The van der Waals surface area contributed by atoms with Crippen LogP contribution in [0.25, 0.3) is 0 Å². The number of nitrogens with zero attached hydrogens (tertiary/aromatic N) is 1. The number of benzene rings is 2. The Bertz CT molecular complexity index is 555. The topological polar surface area (TPSA) is 15.3 Å². The standard InChI is InChI=1S/C15H16BrFN2/c1-18-13-4-6-14(7-5-13)19(2)10-11-9-12(16)3-8-15(11)17/h3-9,18H,10H2,1-2H3. The van der Waals surface area contributed by atoms with E-state index >= 15 is 0 Å². The minimum Gasteiger partial charge on any atom is -0.388 e. The molecule has 0 saturated heterocycles. The maximum atomic E-state index is 13.7. The number of rotatable bonds is 4. The summed E-state index contributed by atoms with van der Waals surface area (Å²) in [6.07, 6.45) is 0. The van der Waals surface area contributed by atoms with Crippen LogP contribution in [0.4, 0.5) is 15.8 Å². The van der Waals surface area contributed by atoms with E-state index in [1.165, 1.54) is 6.07 Å². The molecule has 0 amide bonds. The van der Waals surface area contributed by atoms with E-state index < -0.39 is 0 Å². The quantitative estimate of drug-likeness (QED) is 0.904. The van der Waals surface area contributed by atoms with E-state index in [-0.39, 0.29) is 5.82 Å². The van der Waals surface area contributed by atoms with Crippen LogP contribution in [-0.4, -0.2) is 14.1 Å². The molecular weight excluding hydrogens is 307 g/mol. The van der Waals surface area contributed by atoms with Crippen LogP contribution in [0.2, 0.25) is 0 Å². The lowest BCUT2D eigenvalue weighted by molar-refractivity contribution is 0.607. The van der Waals surface area contributed by atoms with Crippen LogP contribution < -0.4 is 10.2 Å². The molecule has 100 valence electrons. The molecule has 0 spiro atoms. The number of anilines is 2. The summed E-state index contributed by atoms with van der Waals surface area (Å²) in [4.78, 5) is 2.02. The minimum absolute atomic E-state index is 0.179. The second kappa shape index (κ2) is 6.06. The van der Waals surface area contributed by atoms with E-state index in [2.05, 4.69) is 21.2 Å². The number of nitrogens with one attached hydrogen (secondary N) is 1. The number of halogens is 2. The van der Waals surface area contributed by atoms with Gasteiger partial charge in [-0.05, 0) is 42.5 Å². The molecule has 0 radical (unpaired) electrons. The van der Waals surface area contributed by atoms with E-state index in [1.807, 2.05) is 49.3 Å². The van der Waals surface area contributed by atoms with Crippen molar-refractivity contribution in [2.75, 3.05) is 24.3 Å². The van der Waals surface area contributed by atoms with Gasteiger partial charge in [-0.15, -0.1) is 0 Å². The smallest absolute Gasteiger partial charge is 0.128 e. The van der Waals surface area contributed by atoms with Crippen molar-refractivity contribution in [3.63, 3.8) is 0 Å². The lowest BCUT2D eigenvalue weighted by Gasteiger charge is -2.20. The van der Waals surface area contributed by atoms with Crippen molar-refractivity contribution in [3.05, 3.63) is 58.3 Å². The summed E-state index contributed by atoms with van der Waals surface area (Å²) in [5.74, 6) is -0.179. The van der Waals surface area contributed by atoms with Crippen molar-refractivity contribution in [1.82, 2.24) is 0 Å². The van der Waals surface area contributed by atoms with Crippen LogP contribution in [0.15, 0.2) is 46.9 Å². The van der Waals surface area contributed by atoms with Gasteiger partial charge in [0.15, 0.2) is 0 Å². The van der Waals surface area contributed by atoms with Crippen LogP contribution in [0.5, 0.6) is 0 Å². The fourth-order valence-corrected chi connectivity index (χ4v) is 2.30. The van der Waals surface area contributed by atoms with E-state index in [4.69, 9.17) is 0 Å². The lowest BCUT2D eigenvalue weighted by Crippen LogP contribution is -2.17. The first-order valence-electron chi connectivity index (χ1n) is 6.03. The molecular formula is C15H16BrFN2. The zero-order valence-electron chi connectivity index (χ0n) is 11.0. The highest BCUT2D eigenvalue weighted by molar-refractivity contribution is 9.10. The molecule has 0 atom stereocenters. The first kappa shape index (κ1) is 13.9. The Balaban J connectivity index is 2.15. The van der Waals surface area contributed by atoms with E-state index in [9.17, 15) is 4.39 Å². The fourth-order valence-electron chi connectivity index (χ4n) is 1.89. The van der Waals surface area contributed by atoms with Crippen LogP contribution in [-0.2, 0) is 6.54 Å². The Morgan fingerprint density at radius 1 is 1.16 bits per heavy atom. The van der Waals surface area contributed by atoms with Gasteiger partial charge < -0.3 is 10.2 Å². The Morgan fingerprint density at radius 2 is 1.84 bits per heavy atom. The highest BCUT2D eigenvalue weighted by Gasteiger charge is 2.07. The highest BCUT2D eigenvalue weighted by atomic mass is 79.9. The third kappa shape index (κ3) is 3.47. The molecule has 0 unspecified atom stereocenters. The highest BCUT2D eigenvalue weighted by Crippen LogP contribution is 2.21. The molecule has 0 saturated carbocycles. The van der Waals surface area contributed by atoms with Crippen molar-refractivity contribution in [2.24, 2.45) is 0 Å². The van der Waals surface area contributed by atoms with Crippen molar-refractivity contribution in [2.45, 2.75) is 6.54 Å². The largest absolute Gasteiger partial charge is 0.388 e. The van der Waals surface area contributed by atoms with Gasteiger partial charge in [-0.2, -0.15) is 0 Å². The molecule has 0 heterocycles. The maximum absolute atomic E-state index is 13.7. The molecule has 1 N–H and O–H groups in total. The summed E-state index contributed by atoms with van der Waals surface area (Å²) in [5.41, 5.74) is 2.79. The first-order chi connectivity index (χ1) is 9.10. The van der Waals surface area contributed by atoms with Crippen molar-refractivity contribution in [3.8, 4) is 0 Å². The molecule has 0 aliphatic rings. The molecule has 2 aromatic carbocycles. The van der Waals surface area contributed by atoms with E-state index in [0.29, 0.717) is 12.1 Å². The molecule has 0 bridgehead atoms. The molecule has 0 aliphatic carbocycles. The lowest BCUT2D eigenvalue weighted by atomic mass is 10.2. The second-order valence-corrected chi connectivity index (χ2v) is 5.30. The molecule has 2 nitrogen and oxygen atoms in total. The minimum atomic E-state index is -0.179.